The van der Waals surface area contributed by atoms with Gasteiger partial charge in [-0.1, -0.05) is 0 Å². The zero-order valence-corrected chi connectivity index (χ0v) is 19.8. The predicted molar refractivity (Wildman–Crippen MR) is 135 cm³/mol. The highest BCUT2D eigenvalue weighted by Crippen LogP contribution is 2.37. The fraction of sp³-hybridized carbons (Fsp3) is 0.308. The number of rotatable bonds is 3. The normalized spacial score (nSPS) is 20.6. The molecule has 4 aromatic rings. The van der Waals surface area contributed by atoms with Crippen molar-refractivity contribution in [3.63, 3.8) is 0 Å². The van der Waals surface area contributed by atoms with Crippen LogP contribution in [0.15, 0.2) is 42.9 Å². The van der Waals surface area contributed by atoms with Crippen LogP contribution < -0.4 is 20.9 Å². The van der Waals surface area contributed by atoms with Gasteiger partial charge in [-0.15, -0.1) is 0 Å². The quantitative estimate of drug-likeness (QED) is 0.411. The highest BCUT2D eigenvalue weighted by Gasteiger charge is 2.35. The number of fused-ring (bicyclic) bond motifs is 5. The first kappa shape index (κ1) is 21.3. The molecule has 0 saturated carbocycles. The molecule has 3 aliphatic rings. The molecule has 4 aromatic heterocycles. The summed E-state index contributed by atoms with van der Waals surface area (Å²) in [4.78, 5) is 29.1. The van der Waals surface area contributed by atoms with Crippen LogP contribution in [0.5, 0.6) is 0 Å². The van der Waals surface area contributed by atoms with Crippen LogP contribution >= 0.6 is 0 Å². The Balaban J connectivity index is 1.26. The van der Waals surface area contributed by atoms with E-state index in [1.165, 1.54) is 0 Å². The van der Waals surface area contributed by atoms with E-state index in [9.17, 15) is 9.18 Å². The zero-order valence-electron chi connectivity index (χ0n) is 19.8. The average Bonchev–Trinajstić information content (AvgIpc) is 3.54. The van der Waals surface area contributed by atoms with Crippen LogP contribution in [0.2, 0.25) is 0 Å². The summed E-state index contributed by atoms with van der Waals surface area (Å²) in [5, 5.41) is 10.7. The lowest BCUT2D eigenvalue weighted by Gasteiger charge is -2.25. The lowest BCUT2D eigenvalue weighted by atomic mass is 10.0. The van der Waals surface area contributed by atoms with E-state index in [0.29, 0.717) is 43.1 Å². The van der Waals surface area contributed by atoms with Gasteiger partial charge < -0.3 is 25.4 Å². The molecule has 1 amide bonds. The summed E-state index contributed by atoms with van der Waals surface area (Å²) >= 11 is 0. The van der Waals surface area contributed by atoms with Gasteiger partial charge in [0, 0.05) is 74.6 Å². The van der Waals surface area contributed by atoms with Crippen molar-refractivity contribution in [1.82, 2.24) is 30.2 Å². The van der Waals surface area contributed by atoms with Crippen molar-refractivity contribution in [1.29, 1.82) is 0 Å². The topological polar surface area (TPSA) is 100 Å². The van der Waals surface area contributed by atoms with E-state index >= 15 is 0 Å². The number of pyridine rings is 3. The number of nitrogens with zero attached hydrogens (tertiary/aromatic N) is 5. The third-order valence-electron chi connectivity index (χ3n) is 7.41. The minimum atomic E-state index is -0.816. The van der Waals surface area contributed by atoms with Crippen molar-refractivity contribution in [3.05, 3.63) is 59.7 Å². The second-order valence-corrected chi connectivity index (χ2v) is 9.64. The van der Waals surface area contributed by atoms with E-state index < -0.39 is 6.17 Å². The number of alkyl halides is 1. The second kappa shape index (κ2) is 7.99. The molecule has 0 spiro atoms. The maximum absolute atomic E-state index is 14.1. The van der Waals surface area contributed by atoms with Crippen LogP contribution in [0.4, 0.5) is 21.6 Å². The molecule has 0 bridgehead atoms. The Morgan fingerprint density at radius 2 is 2.08 bits per heavy atom. The molecule has 1 fully saturated rings. The van der Waals surface area contributed by atoms with Gasteiger partial charge in [0.25, 0.3) is 5.91 Å². The number of halogens is 1. The highest BCUT2D eigenvalue weighted by atomic mass is 19.1. The molecule has 36 heavy (non-hydrogen) atoms. The fourth-order valence-corrected chi connectivity index (χ4v) is 5.74. The summed E-state index contributed by atoms with van der Waals surface area (Å²) < 4.78 is 16.0. The van der Waals surface area contributed by atoms with Crippen molar-refractivity contribution in [3.8, 4) is 11.3 Å². The van der Waals surface area contributed by atoms with Crippen molar-refractivity contribution in [2.24, 2.45) is 7.05 Å². The molecule has 2 atom stereocenters. The molecule has 1 saturated heterocycles. The molecule has 10 heteroatoms. The third-order valence-corrected chi connectivity index (χ3v) is 7.41. The lowest BCUT2D eigenvalue weighted by molar-refractivity contribution is 0.0966. The number of aryl methyl sites for hydroxylation is 1. The Morgan fingerprint density at radius 3 is 3.00 bits per heavy atom. The molecule has 3 aliphatic heterocycles. The number of hydrogen-bond acceptors (Lipinski definition) is 7. The SMILES string of the molecule is Cn1ccc2c(-c3ncc(Nc4ccc5c(n4)CNCC4C[C@H](F)CN54)c4c3CNC4=O)ccnc21. The summed E-state index contributed by atoms with van der Waals surface area (Å²) in [5.41, 5.74) is 6.46. The molecule has 182 valence electrons. The van der Waals surface area contributed by atoms with Gasteiger partial charge in [-0.3, -0.25) is 9.78 Å². The van der Waals surface area contributed by atoms with Crippen LogP contribution in [0, 0.1) is 0 Å². The maximum Gasteiger partial charge on any atom is 0.254 e. The van der Waals surface area contributed by atoms with Gasteiger partial charge in [0.1, 0.15) is 17.6 Å². The Labute approximate surface area is 206 Å². The van der Waals surface area contributed by atoms with Gasteiger partial charge in [0.2, 0.25) is 0 Å². The monoisotopic (exact) mass is 484 g/mol. The Kier molecular flexibility index (Phi) is 4.72. The predicted octanol–water partition coefficient (Wildman–Crippen LogP) is 3.04. The number of anilines is 3. The van der Waals surface area contributed by atoms with Crippen LogP contribution in [-0.2, 0) is 20.1 Å². The third kappa shape index (κ3) is 3.25. The average molecular weight is 485 g/mol. The summed E-state index contributed by atoms with van der Waals surface area (Å²) in [6.07, 6.45) is 5.16. The molecular weight excluding hydrogens is 459 g/mol. The van der Waals surface area contributed by atoms with Gasteiger partial charge in [-0.25, -0.2) is 14.4 Å². The molecule has 1 unspecified atom stereocenters. The van der Waals surface area contributed by atoms with Crippen LogP contribution in [-0.4, -0.2) is 50.7 Å². The number of carbonyl (C=O) groups is 1. The van der Waals surface area contributed by atoms with Crippen LogP contribution in [0.1, 0.15) is 28.0 Å². The molecule has 0 aliphatic carbocycles. The van der Waals surface area contributed by atoms with E-state index in [1.54, 1.807) is 12.4 Å². The minimum Gasteiger partial charge on any atom is -0.363 e. The minimum absolute atomic E-state index is 0.139. The van der Waals surface area contributed by atoms with Crippen molar-refractivity contribution in [2.45, 2.75) is 31.7 Å². The molecule has 3 N–H and O–H groups in total. The Hall–Kier alpha value is -4.05. The van der Waals surface area contributed by atoms with E-state index in [0.717, 1.165) is 45.8 Å². The number of aromatic nitrogens is 4. The summed E-state index contributed by atoms with van der Waals surface area (Å²) in [5.74, 6) is 0.482. The van der Waals surface area contributed by atoms with Crippen molar-refractivity contribution < 1.29 is 9.18 Å². The van der Waals surface area contributed by atoms with E-state index in [4.69, 9.17) is 9.97 Å². The van der Waals surface area contributed by atoms with Crippen molar-refractivity contribution >= 4 is 34.1 Å². The Bertz CT molecular complexity index is 1530. The lowest BCUT2D eigenvalue weighted by Crippen LogP contribution is -2.34. The number of amides is 1. The molecule has 0 radical (unpaired) electrons. The molecule has 7 heterocycles. The molecule has 0 aromatic carbocycles. The van der Waals surface area contributed by atoms with Gasteiger partial charge in [-0.05, 0) is 24.3 Å². The first-order valence-corrected chi connectivity index (χ1v) is 12.2. The summed E-state index contributed by atoms with van der Waals surface area (Å²) in [7, 11) is 1.96. The van der Waals surface area contributed by atoms with E-state index in [2.05, 4.69) is 25.8 Å². The number of nitrogens with one attached hydrogen (secondary N) is 3. The standard InChI is InChI=1S/C26H25FN8O/c1-34-7-5-17-16(4-6-29-25(17)34)24-18-10-31-26(36)23(18)20(12-30-24)33-22-3-2-21-19(32-22)11-28-9-15-8-14(27)13-35(15)21/h2-7,12,14-15,28H,8-11,13H2,1H3,(H,31,36)(H,32,33)/t14-,15?/m0/s1. The largest absolute Gasteiger partial charge is 0.363 e. The first-order valence-electron chi connectivity index (χ1n) is 12.2. The zero-order chi connectivity index (χ0) is 24.4. The summed E-state index contributed by atoms with van der Waals surface area (Å²) in [6.45, 7) is 2.16. The number of hydrogen-bond donors (Lipinski definition) is 3. The molecule has 9 nitrogen and oxygen atoms in total. The number of carbonyl (C=O) groups excluding carboxylic acids is 1. The molecular formula is C26H25FN8O. The summed E-state index contributed by atoms with van der Waals surface area (Å²) in [6, 6.07) is 7.99. The molecule has 7 rings (SSSR count). The van der Waals surface area contributed by atoms with Crippen LogP contribution in [0.3, 0.4) is 0 Å². The smallest absolute Gasteiger partial charge is 0.254 e. The van der Waals surface area contributed by atoms with Crippen molar-refractivity contribution in [2.75, 3.05) is 23.3 Å². The van der Waals surface area contributed by atoms with Gasteiger partial charge in [0.15, 0.2) is 0 Å². The van der Waals surface area contributed by atoms with E-state index in [1.807, 2.05) is 42.1 Å². The highest BCUT2D eigenvalue weighted by molar-refractivity contribution is 6.06. The van der Waals surface area contributed by atoms with E-state index in [-0.39, 0.29) is 11.9 Å². The van der Waals surface area contributed by atoms with Gasteiger partial charge in [-0.2, -0.15) is 0 Å². The van der Waals surface area contributed by atoms with Gasteiger partial charge >= 0.3 is 0 Å². The fourth-order valence-electron chi connectivity index (χ4n) is 5.74. The maximum atomic E-state index is 14.1. The Morgan fingerprint density at radius 1 is 1.17 bits per heavy atom. The van der Waals surface area contributed by atoms with Crippen LogP contribution in [0.25, 0.3) is 22.3 Å². The first-order chi connectivity index (χ1) is 17.6. The van der Waals surface area contributed by atoms with Gasteiger partial charge in [0.05, 0.1) is 34.5 Å². The second-order valence-electron chi connectivity index (χ2n) is 9.64.